The van der Waals surface area contributed by atoms with Crippen molar-refractivity contribution in [2.75, 3.05) is 5.75 Å². The zero-order chi connectivity index (χ0) is 13.1. The molecule has 0 aliphatic rings. The third-order valence-corrected chi connectivity index (χ3v) is 7.68. The first-order valence-electron chi connectivity index (χ1n) is 5.53. The molecular weight excluding hydrogens is 304 g/mol. The molecule has 5 heteroatoms. The van der Waals surface area contributed by atoms with Crippen molar-refractivity contribution in [3.05, 3.63) is 35.9 Å². The van der Waals surface area contributed by atoms with E-state index in [4.69, 9.17) is 0 Å². The number of halogens is 1. The normalized spacial score (nSPS) is 17.4. The van der Waals surface area contributed by atoms with Gasteiger partial charge in [0, 0.05) is 5.75 Å². The molecule has 0 amide bonds. The highest BCUT2D eigenvalue weighted by Crippen LogP contribution is 2.41. The molecule has 3 nitrogen and oxygen atoms in total. The molecule has 2 atom stereocenters. The van der Waals surface area contributed by atoms with Crippen LogP contribution in [0.3, 0.4) is 0 Å². The van der Waals surface area contributed by atoms with E-state index in [0.717, 1.165) is 0 Å². The number of hydrogen-bond acceptors (Lipinski definition) is 3. The van der Waals surface area contributed by atoms with Crippen LogP contribution in [0.2, 0.25) is 0 Å². The molecule has 0 radical (unpaired) electrons. The second-order valence-corrected chi connectivity index (χ2v) is 8.33. The zero-order valence-electron chi connectivity index (χ0n) is 9.93. The number of alkyl halides is 1. The molecule has 1 rings (SSSR count). The molecule has 0 unspecified atom stereocenters. The summed E-state index contributed by atoms with van der Waals surface area (Å²) in [6, 6.07) is 8.83. The molecule has 1 aromatic rings. The molecule has 0 saturated carbocycles. The van der Waals surface area contributed by atoms with Crippen molar-refractivity contribution in [3.63, 3.8) is 0 Å². The zero-order valence-corrected chi connectivity index (χ0v) is 12.3. The summed E-state index contributed by atoms with van der Waals surface area (Å²) in [5.41, 5.74) is 0.600. The van der Waals surface area contributed by atoms with Crippen molar-refractivity contribution in [3.8, 4) is 0 Å². The molecule has 1 N–H and O–H groups in total. The number of aliphatic hydroxyl groups is 1. The van der Waals surface area contributed by atoms with Crippen LogP contribution < -0.4 is 0 Å². The van der Waals surface area contributed by atoms with Crippen LogP contribution in [0.4, 0.5) is 0 Å². The van der Waals surface area contributed by atoms with Gasteiger partial charge in [0.15, 0.2) is 13.5 Å². The first kappa shape index (κ1) is 14.7. The van der Waals surface area contributed by atoms with Crippen LogP contribution in [0.25, 0.3) is 0 Å². The Hall–Kier alpha value is -0.390. The summed E-state index contributed by atoms with van der Waals surface area (Å²) < 4.78 is 22.8. The molecule has 0 aromatic heterocycles. The van der Waals surface area contributed by atoms with Crippen molar-refractivity contribution in [2.45, 2.75) is 30.0 Å². The highest BCUT2D eigenvalue weighted by atomic mass is 79.9. The van der Waals surface area contributed by atoms with Crippen LogP contribution in [-0.4, -0.2) is 22.9 Å². The lowest BCUT2D eigenvalue weighted by Gasteiger charge is -2.31. The van der Waals surface area contributed by atoms with E-state index >= 15 is 0 Å². The lowest BCUT2D eigenvalue weighted by Crippen LogP contribution is -2.39. The van der Waals surface area contributed by atoms with Gasteiger partial charge in [0.05, 0.1) is 0 Å². The Balaban J connectivity index is 3.20. The van der Waals surface area contributed by atoms with Gasteiger partial charge in [0.1, 0.15) is 6.10 Å². The second-order valence-electron chi connectivity index (χ2n) is 3.86. The minimum absolute atomic E-state index is 0.00398. The van der Waals surface area contributed by atoms with Gasteiger partial charge in [-0.3, -0.25) is 0 Å². The van der Waals surface area contributed by atoms with Crippen LogP contribution in [0.15, 0.2) is 30.3 Å². The standard InChI is InChI=1S/C12H17BrO3S/c1-3-12(13,17(15,16)4-2)11(14)10-8-6-5-7-9-10/h5-9,11,14H,3-4H2,1-2H3/t11-,12+/m1/s1. The Kier molecular flexibility index (Phi) is 4.75. The largest absolute Gasteiger partial charge is 0.386 e. The van der Waals surface area contributed by atoms with Gasteiger partial charge in [-0.1, -0.05) is 60.1 Å². The molecule has 0 fully saturated rings. The van der Waals surface area contributed by atoms with Gasteiger partial charge < -0.3 is 5.11 Å². The summed E-state index contributed by atoms with van der Waals surface area (Å²) in [6.45, 7) is 3.33. The van der Waals surface area contributed by atoms with Crippen LogP contribution in [-0.2, 0) is 9.84 Å². The molecular formula is C12H17BrO3S. The van der Waals surface area contributed by atoms with E-state index in [0.29, 0.717) is 12.0 Å². The molecule has 0 saturated heterocycles. The molecule has 0 bridgehead atoms. The lowest BCUT2D eigenvalue weighted by molar-refractivity contribution is 0.160. The Morgan fingerprint density at radius 3 is 2.24 bits per heavy atom. The lowest BCUT2D eigenvalue weighted by atomic mass is 10.1. The van der Waals surface area contributed by atoms with Gasteiger partial charge in [-0.05, 0) is 12.0 Å². The van der Waals surface area contributed by atoms with Crippen molar-refractivity contribution in [1.29, 1.82) is 0 Å². The third kappa shape index (κ3) is 2.72. The van der Waals surface area contributed by atoms with Crippen molar-refractivity contribution in [1.82, 2.24) is 0 Å². The number of sulfone groups is 1. The number of hydrogen-bond donors (Lipinski definition) is 1. The molecule has 0 spiro atoms. The number of benzene rings is 1. The quantitative estimate of drug-likeness (QED) is 0.848. The van der Waals surface area contributed by atoms with Crippen LogP contribution in [0.5, 0.6) is 0 Å². The van der Waals surface area contributed by atoms with Crippen molar-refractivity contribution in [2.24, 2.45) is 0 Å². The maximum Gasteiger partial charge on any atom is 0.168 e. The average molecular weight is 321 g/mol. The maximum absolute atomic E-state index is 12.1. The maximum atomic E-state index is 12.1. The summed E-state index contributed by atoms with van der Waals surface area (Å²) in [4.78, 5) is 0. The van der Waals surface area contributed by atoms with Gasteiger partial charge in [0.25, 0.3) is 0 Å². The highest BCUT2D eigenvalue weighted by molar-refractivity contribution is 9.11. The predicted octanol–water partition coefficient (Wildman–Crippen LogP) is 2.66. The fourth-order valence-corrected chi connectivity index (χ4v) is 4.05. The summed E-state index contributed by atoms with van der Waals surface area (Å²) in [7, 11) is -3.39. The SMILES string of the molecule is CC[C@@](Br)([C@H](O)c1ccccc1)S(=O)(=O)CC. The minimum Gasteiger partial charge on any atom is -0.386 e. The van der Waals surface area contributed by atoms with Gasteiger partial charge in [-0.2, -0.15) is 0 Å². The van der Waals surface area contributed by atoms with Crippen molar-refractivity contribution >= 4 is 25.8 Å². The van der Waals surface area contributed by atoms with Crippen LogP contribution in [0.1, 0.15) is 31.9 Å². The summed E-state index contributed by atoms with van der Waals surface area (Å²) in [5.74, 6) is -0.00398. The average Bonchev–Trinajstić information content (AvgIpc) is 2.37. The fraction of sp³-hybridized carbons (Fsp3) is 0.500. The van der Waals surface area contributed by atoms with E-state index in [1.54, 1.807) is 38.1 Å². The number of aliphatic hydroxyl groups excluding tert-OH is 1. The molecule has 1 aromatic carbocycles. The van der Waals surface area contributed by atoms with E-state index in [2.05, 4.69) is 15.9 Å². The minimum atomic E-state index is -3.39. The first-order chi connectivity index (χ1) is 7.89. The summed E-state index contributed by atoms with van der Waals surface area (Å²) >= 11 is 3.23. The highest BCUT2D eigenvalue weighted by Gasteiger charge is 2.45. The monoisotopic (exact) mass is 320 g/mol. The van der Waals surface area contributed by atoms with E-state index < -0.39 is 19.6 Å². The Morgan fingerprint density at radius 1 is 1.29 bits per heavy atom. The number of rotatable bonds is 5. The van der Waals surface area contributed by atoms with Gasteiger partial charge in [0.2, 0.25) is 0 Å². The Morgan fingerprint density at radius 2 is 1.82 bits per heavy atom. The fourth-order valence-electron chi connectivity index (χ4n) is 1.71. The molecule has 0 heterocycles. The molecule has 17 heavy (non-hydrogen) atoms. The summed E-state index contributed by atoms with van der Waals surface area (Å²) in [6.07, 6.45) is -0.766. The molecule has 0 aliphatic heterocycles. The molecule has 96 valence electrons. The summed E-state index contributed by atoms with van der Waals surface area (Å²) in [5, 5.41) is 10.3. The second kappa shape index (κ2) is 5.50. The topological polar surface area (TPSA) is 54.4 Å². The van der Waals surface area contributed by atoms with Gasteiger partial charge in [-0.15, -0.1) is 0 Å². The Bertz CT molecular complexity index is 458. The van der Waals surface area contributed by atoms with E-state index in [-0.39, 0.29) is 5.75 Å². The Labute approximate surface area is 111 Å². The predicted molar refractivity (Wildman–Crippen MR) is 72.8 cm³/mol. The van der Waals surface area contributed by atoms with E-state index in [9.17, 15) is 13.5 Å². The van der Waals surface area contributed by atoms with Gasteiger partial charge in [-0.25, -0.2) is 8.42 Å². The third-order valence-electron chi connectivity index (χ3n) is 2.90. The van der Waals surface area contributed by atoms with E-state index in [1.165, 1.54) is 0 Å². The smallest absolute Gasteiger partial charge is 0.168 e. The van der Waals surface area contributed by atoms with Crippen molar-refractivity contribution < 1.29 is 13.5 Å². The van der Waals surface area contributed by atoms with Crippen LogP contribution >= 0.6 is 15.9 Å². The van der Waals surface area contributed by atoms with Crippen LogP contribution in [0, 0.1) is 0 Å². The first-order valence-corrected chi connectivity index (χ1v) is 7.97. The van der Waals surface area contributed by atoms with E-state index in [1.807, 2.05) is 6.07 Å². The van der Waals surface area contributed by atoms with Gasteiger partial charge >= 0.3 is 0 Å². The molecule has 0 aliphatic carbocycles.